The molecular formula is C25H35N3O3. The Morgan fingerprint density at radius 3 is 2.45 bits per heavy atom. The molecule has 2 aromatic rings. The second-order valence-corrected chi connectivity index (χ2v) is 8.16. The fraction of sp³-hybridized carbons (Fsp3) is 0.480. The maximum atomic E-state index is 12.5. The van der Waals surface area contributed by atoms with Gasteiger partial charge in [-0.05, 0) is 62.6 Å². The van der Waals surface area contributed by atoms with Gasteiger partial charge < -0.3 is 25.0 Å². The Labute approximate surface area is 185 Å². The zero-order chi connectivity index (χ0) is 22.4. The quantitative estimate of drug-likeness (QED) is 0.681. The number of aliphatic hydroxyl groups excluding tert-OH is 1. The number of carbonyl (C=O) groups is 1. The van der Waals surface area contributed by atoms with Crippen molar-refractivity contribution >= 4 is 11.6 Å². The van der Waals surface area contributed by atoms with E-state index in [1.54, 1.807) is 7.11 Å². The molecule has 0 bridgehead atoms. The molecule has 2 atom stereocenters. The average molecular weight is 426 g/mol. The normalized spacial score (nSPS) is 18.7. The summed E-state index contributed by atoms with van der Waals surface area (Å²) < 4.78 is 5.71. The molecule has 2 unspecified atom stereocenters. The Balaban J connectivity index is 1.76. The molecule has 1 aliphatic rings. The third-order valence-electron chi connectivity index (χ3n) is 6.04. The van der Waals surface area contributed by atoms with Gasteiger partial charge in [0.1, 0.15) is 5.75 Å². The van der Waals surface area contributed by atoms with Crippen LogP contribution in [0.25, 0.3) is 0 Å². The first-order valence-electron chi connectivity index (χ1n) is 11.2. The number of rotatable bonds is 8. The first-order valence-corrected chi connectivity index (χ1v) is 11.2. The van der Waals surface area contributed by atoms with Crippen molar-refractivity contribution in [3.8, 4) is 5.75 Å². The van der Waals surface area contributed by atoms with Crippen LogP contribution in [0, 0.1) is 0 Å². The highest BCUT2D eigenvalue weighted by Crippen LogP contribution is 2.32. The van der Waals surface area contributed by atoms with E-state index in [1.807, 2.05) is 43.0 Å². The third-order valence-corrected chi connectivity index (χ3v) is 6.04. The van der Waals surface area contributed by atoms with Gasteiger partial charge in [-0.3, -0.25) is 4.79 Å². The highest BCUT2D eigenvalue weighted by Gasteiger charge is 2.27. The molecular weight excluding hydrogens is 390 g/mol. The van der Waals surface area contributed by atoms with E-state index in [2.05, 4.69) is 35.3 Å². The van der Waals surface area contributed by atoms with E-state index in [0.29, 0.717) is 19.1 Å². The number of hydrogen-bond acceptors (Lipinski definition) is 5. The molecule has 0 radical (unpaired) electrons. The van der Waals surface area contributed by atoms with Gasteiger partial charge in [0.2, 0.25) is 0 Å². The Morgan fingerprint density at radius 1 is 1.16 bits per heavy atom. The number of hydrogen-bond donors (Lipinski definition) is 2. The highest BCUT2D eigenvalue weighted by molar-refractivity contribution is 5.94. The lowest BCUT2D eigenvalue weighted by molar-refractivity contribution is 0.0773. The summed E-state index contributed by atoms with van der Waals surface area (Å²) in [5, 5.41) is 13.2. The van der Waals surface area contributed by atoms with Crippen LogP contribution in [0.2, 0.25) is 0 Å². The van der Waals surface area contributed by atoms with Crippen LogP contribution in [0.3, 0.4) is 0 Å². The van der Waals surface area contributed by atoms with Gasteiger partial charge in [-0.25, -0.2) is 0 Å². The Morgan fingerprint density at radius 2 is 1.84 bits per heavy atom. The zero-order valence-corrected chi connectivity index (χ0v) is 19.1. The van der Waals surface area contributed by atoms with Gasteiger partial charge in [0, 0.05) is 37.8 Å². The maximum Gasteiger partial charge on any atom is 0.253 e. The van der Waals surface area contributed by atoms with E-state index in [0.717, 1.165) is 47.6 Å². The first kappa shape index (κ1) is 23.1. The van der Waals surface area contributed by atoms with Crippen LogP contribution in [0.1, 0.15) is 42.3 Å². The van der Waals surface area contributed by atoms with Crippen molar-refractivity contribution in [3.05, 3.63) is 59.2 Å². The van der Waals surface area contributed by atoms with Crippen molar-refractivity contribution in [3.63, 3.8) is 0 Å². The van der Waals surface area contributed by atoms with Gasteiger partial charge in [-0.1, -0.05) is 18.2 Å². The molecule has 6 nitrogen and oxygen atoms in total. The third kappa shape index (κ3) is 5.38. The number of amides is 1. The summed E-state index contributed by atoms with van der Waals surface area (Å²) in [7, 11) is 1.69. The summed E-state index contributed by atoms with van der Waals surface area (Å²) >= 11 is 0. The van der Waals surface area contributed by atoms with E-state index in [-0.39, 0.29) is 18.6 Å². The van der Waals surface area contributed by atoms with Gasteiger partial charge >= 0.3 is 0 Å². The number of carbonyl (C=O) groups excluding carboxylic acids is 1. The minimum absolute atomic E-state index is 0.0341. The number of anilines is 1. The molecule has 0 spiro atoms. The lowest BCUT2D eigenvalue weighted by Crippen LogP contribution is -2.57. The molecule has 1 saturated heterocycles. The van der Waals surface area contributed by atoms with Crippen LogP contribution in [-0.4, -0.2) is 67.9 Å². The predicted molar refractivity (Wildman–Crippen MR) is 125 cm³/mol. The summed E-state index contributed by atoms with van der Waals surface area (Å²) in [5.41, 5.74) is 4.03. The van der Waals surface area contributed by atoms with Crippen LogP contribution < -0.4 is 15.0 Å². The van der Waals surface area contributed by atoms with Gasteiger partial charge in [0.15, 0.2) is 0 Å². The summed E-state index contributed by atoms with van der Waals surface area (Å²) in [4.78, 5) is 16.6. The molecule has 31 heavy (non-hydrogen) atoms. The minimum atomic E-state index is 0.0341. The number of nitrogens with zero attached hydrogens (tertiary/aromatic N) is 2. The zero-order valence-electron chi connectivity index (χ0n) is 19.1. The van der Waals surface area contributed by atoms with Crippen LogP contribution in [0.4, 0.5) is 5.69 Å². The molecule has 1 heterocycles. The van der Waals surface area contributed by atoms with Crippen molar-refractivity contribution in [2.45, 2.75) is 39.3 Å². The number of nitrogens with one attached hydrogen (secondary N) is 1. The van der Waals surface area contributed by atoms with E-state index in [4.69, 9.17) is 4.74 Å². The molecule has 6 heteroatoms. The molecule has 1 aliphatic heterocycles. The van der Waals surface area contributed by atoms with Crippen LogP contribution in [0.15, 0.2) is 42.5 Å². The van der Waals surface area contributed by atoms with Crippen molar-refractivity contribution in [2.24, 2.45) is 0 Å². The monoisotopic (exact) mass is 425 g/mol. The van der Waals surface area contributed by atoms with E-state index in [1.165, 1.54) is 0 Å². The van der Waals surface area contributed by atoms with Gasteiger partial charge in [0.05, 0.1) is 25.4 Å². The van der Waals surface area contributed by atoms with Gasteiger partial charge in [-0.2, -0.15) is 0 Å². The molecule has 168 valence electrons. The lowest BCUT2D eigenvalue weighted by Gasteiger charge is -2.40. The predicted octanol–water partition coefficient (Wildman–Crippen LogP) is 2.93. The topological polar surface area (TPSA) is 65.0 Å². The van der Waals surface area contributed by atoms with Gasteiger partial charge in [0.25, 0.3) is 5.91 Å². The lowest BCUT2D eigenvalue weighted by atomic mass is 10.0. The SMILES string of the molecule is CCN(CC)C(=O)c1ccc(Cc2ccc(N3CC(C)NCC3CO)c(OC)c2)cc1. The minimum Gasteiger partial charge on any atom is -0.495 e. The highest BCUT2D eigenvalue weighted by atomic mass is 16.5. The standard InChI is InChI=1S/C25H35N3O3/c1-5-27(6-2)25(30)21-10-7-19(8-11-21)13-20-9-12-23(24(14-20)31-4)28-16-18(3)26-15-22(28)17-29/h7-12,14,18,22,26,29H,5-6,13,15-17H2,1-4H3. The number of ether oxygens (including phenoxy) is 1. The van der Waals surface area contributed by atoms with Crippen molar-refractivity contribution in [1.29, 1.82) is 0 Å². The number of piperazine rings is 1. The second kappa shape index (κ2) is 10.6. The van der Waals surface area contributed by atoms with E-state index in [9.17, 15) is 9.90 Å². The van der Waals surface area contributed by atoms with Crippen molar-refractivity contribution in [1.82, 2.24) is 10.2 Å². The number of aliphatic hydroxyl groups is 1. The molecule has 1 amide bonds. The van der Waals surface area contributed by atoms with Crippen molar-refractivity contribution in [2.75, 3.05) is 44.8 Å². The summed E-state index contributed by atoms with van der Waals surface area (Å²) in [5.74, 6) is 0.893. The molecule has 0 saturated carbocycles. The Kier molecular flexibility index (Phi) is 7.93. The largest absolute Gasteiger partial charge is 0.495 e. The van der Waals surface area contributed by atoms with E-state index < -0.39 is 0 Å². The number of methoxy groups -OCH3 is 1. The molecule has 0 aliphatic carbocycles. The average Bonchev–Trinajstić information content (AvgIpc) is 2.80. The second-order valence-electron chi connectivity index (χ2n) is 8.16. The summed E-state index contributed by atoms with van der Waals surface area (Å²) in [6, 6.07) is 14.5. The van der Waals surface area contributed by atoms with Crippen molar-refractivity contribution < 1.29 is 14.6 Å². The Hall–Kier alpha value is -2.57. The fourth-order valence-corrected chi connectivity index (χ4v) is 4.18. The Bertz CT molecular complexity index is 865. The molecule has 1 fully saturated rings. The molecule has 0 aromatic heterocycles. The van der Waals surface area contributed by atoms with Crippen LogP contribution >= 0.6 is 0 Å². The molecule has 3 rings (SSSR count). The summed E-state index contributed by atoms with van der Waals surface area (Å²) in [6.45, 7) is 9.25. The van der Waals surface area contributed by atoms with Crippen LogP contribution in [-0.2, 0) is 6.42 Å². The van der Waals surface area contributed by atoms with E-state index >= 15 is 0 Å². The number of benzene rings is 2. The molecule has 2 aromatic carbocycles. The maximum absolute atomic E-state index is 12.5. The van der Waals surface area contributed by atoms with Crippen LogP contribution in [0.5, 0.6) is 5.75 Å². The fourth-order valence-electron chi connectivity index (χ4n) is 4.18. The first-order chi connectivity index (χ1) is 15.0. The van der Waals surface area contributed by atoms with Gasteiger partial charge in [-0.15, -0.1) is 0 Å². The smallest absolute Gasteiger partial charge is 0.253 e. The molecule has 2 N–H and O–H groups in total. The summed E-state index contributed by atoms with van der Waals surface area (Å²) in [6.07, 6.45) is 0.762.